The monoisotopic (exact) mass is 283 g/mol. The summed E-state index contributed by atoms with van der Waals surface area (Å²) in [5.74, 6) is -1.61. The molecule has 2 aromatic rings. The van der Waals surface area contributed by atoms with E-state index < -0.39 is 5.85 Å². The van der Waals surface area contributed by atoms with Gasteiger partial charge in [-0.15, -0.1) is 0 Å². The normalized spacial score (nSPS) is 28.0. The average Bonchev–Trinajstić information content (AvgIpc) is 2.83. The number of hydrogen-bond donors (Lipinski definition) is 2. The molecule has 21 heavy (non-hydrogen) atoms. The number of amides is 1. The smallest absolute Gasteiger partial charge is 0.264 e. The number of nitrogens with one attached hydrogen (secondary N) is 1. The lowest BCUT2D eigenvalue weighted by Gasteiger charge is -2.51. The van der Waals surface area contributed by atoms with E-state index in [1.54, 1.807) is 23.0 Å². The van der Waals surface area contributed by atoms with Gasteiger partial charge in [0.2, 0.25) is 0 Å². The maximum atomic E-state index is 12.3. The SMILES string of the molecule is CC1Cc2c([nH]c3ccccc23)C2(O)N(C)C=CC(=O)N12. The number of carbonyl (C=O) groups is 1. The first-order valence-corrected chi connectivity index (χ1v) is 7.10. The van der Waals surface area contributed by atoms with Gasteiger partial charge in [0, 0.05) is 36.3 Å². The van der Waals surface area contributed by atoms with E-state index in [4.69, 9.17) is 0 Å². The van der Waals surface area contributed by atoms with Crippen LogP contribution >= 0.6 is 0 Å². The van der Waals surface area contributed by atoms with E-state index in [1.165, 1.54) is 6.08 Å². The van der Waals surface area contributed by atoms with Crippen LogP contribution in [0.4, 0.5) is 0 Å². The second-order valence-corrected chi connectivity index (χ2v) is 5.85. The van der Waals surface area contributed by atoms with Crippen LogP contribution in [0.5, 0.6) is 0 Å². The van der Waals surface area contributed by atoms with Crippen molar-refractivity contribution in [3.05, 3.63) is 47.8 Å². The third kappa shape index (κ3) is 1.41. The van der Waals surface area contributed by atoms with Crippen LogP contribution in [0.1, 0.15) is 18.2 Å². The molecular weight excluding hydrogens is 266 g/mol. The molecule has 0 radical (unpaired) electrons. The first-order chi connectivity index (χ1) is 10.0. The Morgan fingerprint density at radius 2 is 2.14 bits per heavy atom. The third-order valence-electron chi connectivity index (χ3n) is 4.60. The van der Waals surface area contributed by atoms with Gasteiger partial charge in [0.1, 0.15) is 0 Å². The molecule has 2 unspecified atom stereocenters. The molecule has 108 valence electrons. The number of carbonyl (C=O) groups excluding carboxylic acids is 1. The van der Waals surface area contributed by atoms with Gasteiger partial charge in [-0.05, 0) is 25.0 Å². The van der Waals surface area contributed by atoms with Crippen LogP contribution in [-0.2, 0) is 17.1 Å². The molecule has 0 bridgehead atoms. The van der Waals surface area contributed by atoms with Gasteiger partial charge in [0.25, 0.3) is 11.8 Å². The fraction of sp³-hybridized carbons (Fsp3) is 0.312. The van der Waals surface area contributed by atoms with Gasteiger partial charge in [-0.3, -0.25) is 9.69 Å². The largest absolute Gasteiger partial charge is 0.353 e. The number of rotatable bonds is 0. The van der Waals surface area contributed by atoms with Crippen LogP contribution < -0.4 is 0 Å². The van der Waals surface area contributed by atoms with Crippen LogP contribution in [0, 0.1) is 0 Å². The fourth-order valence-electron chi connectivity index (χ4n) is 3.59. The number of hydrogen-bond acceptors (Lipinski definition) is 3. The van der Waals surface area contributed by atoms with E-state index in [1.807, 2.05) is 25.1 Å². The van der Waals surface area contributed by atoms with Crippen molar-refractivity contribution in [3.63, 3.8) is 0 Å². The number of H-pyrrole nitrogens is 1. The van der Waals surface area contributed by atoms with Crippen molar-refractivity contribution in [2.75, 3.05) is 7.05 Å². The molecule has 3 heterocycles. The van der Waals surface area contributed by atoms with Crippen LogP contribution in [0.25, 0.3) is 10.9 Å². The zero-order valence-electron chi connectivity index (χ0n) is 12.0. The standard InChI is InChI=1S/C16H17N3O2/c1-10-9-12-11-5-3-4-6-13(11)17-15(12)16(21)18(2)8-7-14(20)19(10)16/h3-8,10,17,21H,9H2,1-2H3. The first-order valence-electron chi connectivity index (χ1n) is 7.10. The van der Waals surface area contributed by atoms with Gasteiger partial charge >= 0.3 is 0 Å². The molecule has 0 aliphatic carbocycles. The van der Waals surface area contributed by atoms with E-state index in [-0.39, 0.29) is 11.9 Å². The molecule has 2 aliphatic heterocycles. The number of para-hydroxylation sites is 1. The molecular formula is C16H17N3O2. The molecule has 0 saturated heterocycles. The predicted molar refractivity (Wildman–Crippen MR) is 79.1 cm³/mol. The number of aromatic nitrogens is 1. The summed E-state index contributed by atoms with van der Waals surface area (Å²) in [5.41, 5.74) is 2.77. The van der Waals surface area contributed by atoms with Crippen molar-refractivity contribution in [2.24, 2.45) is 0 Å². The molecule has 5 nitrogen and oxygen atoms in total. The summed E-state index contributed by atoms with van der Waals surface area (Å²) in [6.45, 7) is 1.97. The fourth-order valence-corrected chi connectivity index (χ4v) is 3.59. The summed E-state index contributed by atoms with van der Waals surface area (Å²) in [5, 5.41) is 12.4. The van der Waals surface area contributed by atoms with E-state index in [0.717, 1.165) is 22.9 Å². The molecule has 5 heteroatoms. The Morgan fingerprint density at radius 3 is 2.95 bits per heavy atom. The molecule has 0 saturated carbocycles. The highest BCUT2D eigenvalue weighted by Crippen LogP contribution is 2.42. The lowest BCUT2D eigenvalue weighted by Crippen LogP contribution is -2.64. The van der Waals surface area contributed by atoms with Crippen molar-refractivity contribution in [1.82, 2.24) is 14.8 Å². The molecule has 2 N–H and O–H groups in total. The summed E-state index contributed by atoms with van der Waals surface area (Å²) in [6, 6.07) is 7.93. The second-order valence-electron chi connectivity index (χ2n) is 5.85. The van der Waals surface area contributed by atoms with Crippen molar-refractivity contribution in [2.45, 2.75) is 25.2 Å². The van der Waals surface area contributed by atoms with E-state index >= 15 is 0 Å². The predicted octanol–water partition coefficient (Wildman–Crippen LogP) is 1.50. The zero-order chi connectivity index (χ0) is 14.8. The minimum Gasteiger partial charge on any atom is -0.353 e. The second kappa shape index (κ2) is 3.89. The van der Waals surface area contributed by atoms with E-state index in [9.17, 15) is 9.90 Å². The number of nitrogens with zero attached hydrogens (tertiary/aromatic N) is 2. The molecule has 0 fully saturated rings. The Labute approximate surface area is 122 Å². The maximum Gasteiger partial charge on any atom is 0.264 e. The highest BCUT2D eigenvalue weighted by atomic mass is 16.3. The molecule has 1 aromatic heterocycles. The number of fused-ring (bicyclic) bond motifs is 5. The number of aliphatic hydroxyl groups is 1. The summed E-state index contributed by atoms with van der Waals surface area (Å²) < 4.78 is 0. The Balaban J connectivity index is 2.04. The molecule has 2 atom stereocenters. The van der Waals surface area contributed by atoms with Crippen LogP contribution in [0.2, 0.25) is 0 Å². The Hall–Kier alpha value is -2.27. The van der Waals surface area contributed by atoms with Crippen LogP contribution in [0.15, 0.2) is 36.5 Å². The van der Waals surface area contributed by atoms with Crippen molar-refractivity contribution >= 4 is 16.8 Å². The maximum absolute atomic E-state index is 12.3. The number of aromatic amines is 1. The summed E-state index contributed by atoms with van der Waals surface area (Å²) in [4.78, 5) is 18.8. The van der Waals surface area contributed by atoms with Crippen LogP contribution in [-0.4, -0.2) is 38.9 Å². The van der Waals surface area contributed by atoms with Gasteiger partial charge in [-0.25, -0.2) is 0 Å². The van der Waals surface area contributed by atoms with E-state index in [2.05, 4.69) is 11.1 Å². The van der Waals surface area contributed by atoms with Crippen molar-refractivity contribution in [1.29, 1.82) is 0 Å². The Kier molecular flexibility index (Phi) is 2.31. The summed E-state index contributed by atoms with van der Waals surface area (Å²) >= 11 is 0. The van der Waals surface area contributed by atoms with Gasteiger partial charge in [-0.1, -0.05) is 18.2 Å². The topological polar surface area (TPSA) is 59.6 Å². The molecule has 0 spiro atoms. The highest BCUT2D eigenvalue weighted by Gasteiger charge is 2.52. The van der Waals surface area contributed by atoms with Gasteiger partial charge in [0.05, 0.1) is 5.69 Å². The van der Waals surface area contributed by atoms with Crippen molar-refractivity contribution in [3.8, 4) is 0 Å². The molecule has 1 aromatic carbocycles. The third-order valence-corrected chi connectivity index (χ3v) is 4.60. The quantitative estimate of drug-likeness (QED) is 0.770. The zero-order valence-corrected chi connectivity index (χ0v) is 12.0. The summed E-state index contributed by atoms with van der Waals surface area (Å²) in [6.07, 6.45) is 3.86. The van der Waals surface area contributed by atoms with Crippen LogP contribution in [0.3, 0.4) is 0 Å². The van der Waals surface area contributed by atoms with Gasteiger partial charge < -0.3 is 15.0 Å². The highest BCUT2D eigenvalue weighted by molar-refractivity contribution is 5.91. The van der Waals surface area contributed by atoms with E-state index in [0.29, 0.717) is 5.69 Å². The average molecular weight is 283 g/mol. The summed E-state index contributed by atoms with van der Waals surface area (Å²) in [7, 11) is 1.78. The Bertz CT molecular complexity index is 779. The van der Waals surface area contributed by atoms with Gasteiger partial charge in [-0.2, -0.15) is 0 Å². The molecule has 1 amide bonds. The van der Waals surface area contributed by atoms with Crippen molar-refractivity contribution < 1.29 is 9.90 Å². The first kappa shape index (κ1) is 12.5. The lowest BCUT2D eigenvalue weighted by molar-refractivity contribution is -0.224. The number of benzene rings is 1. The molecule has 2 aliphatic rings. The van der Waals surface area contributed by atoms with Gasteiger partial charge in [0.15, 0.2) is 0 Å². The lowest BCUT2D eigenvalue weighted by atomic mass is 9.92. The minimum atomic E-state index is -1.45. The Morgan fingerprint density at radius 1 is 1.38 bits per heavy atom. The minimum absolute atomic E-state index is 0.0680. The molecule has 4 rings (SSSR count).